The first-order valence-electron chi connectivity index (χ1n) is 6.25. The Labute approximate surface area is 101 Å². The summed E-state index contributed by atoms with van der Waals surface area (Å²) in [6, 6.07) is 2.54. The SMILES string of the molecule is CCOc1cc2c(cn1)OC1(CNC(C)C1)C2. The highest BCUT2D eigenvalue weighted by Gasteiger charge is 2.44. The lowest BCUT2D eigenvalue weighted by Crippen LogP contribution is -2.36. The number of fused-ring (bicyclic) bond motifs is 1. The van der Waals surface area contributed by atoms with Gasteiger partial charge in [0.05, 0.1) is 12.8 Å². The van der Waals surface area contributed by atoms with Crippen LogP contribution in [0.4, 0.5) is 0 Å². The van der Waals surface area contributed by atoms with Crippen LogP contribution in [-0.2, 0) is 6.42 Å². The molecule has 2 aliphatic heterocycles. The van der Waals surface area contributed by atoms with Crippen molar-refractivity contribution >= 4 is 0 Å². The molecule has 1 fully saturated rings. The third kappa shape index (κ3) is 1.86. The first kappa shape index (κ1) is 10.8. The molecule has 3 heterocycles. The second-order valence-electron chi connectivity index (χ2n) is 5.01. The van der Waals surface area contributed by atoms with Crippen LogP contribution >= 0.6 is 0 Å². The summed E-state index contributed by atoms with van der Waals surface area (Å²) >= 11 is 0. The molecule has 2 unspecified atom stereocenters. The molecule has 17 heavy (non-hydrogen) atoms. The molecule has 1 N–H and O–H groups in total. The lowest BCUT2D eigenvalue weighted by Gasteiger charge is -2.21. The summed E-state index contributed by atoms with van der Waals surface area (Å²) in [5, 5.41) is 3.45. The molecule has 1 aromatic rings. The van der Waals surface area contributed by atoms with Gasteiger partial charge in [-0.15, -0.1) is 0 Å². The second-order valence-corrected chi connectivity index (χ2v) is 5.01. The molecule has 4 nitrogen and oxygen atoms in total. The fraction of sp³-hybridized carbons (Fsp3) is 0.615. The second kappa shape index (κ2) is 3.88. The molecule has 2 aliphatic rings. The van der Waals surface area contributed by atoms with Gasteiger partial charge in [-0.05, 0) is 13.8 Å². The summed E-state index contributed by atoms with van der Waals surface area (Å²) in [5.41, 5.74) is 1.17. The number of hydrogen-bond acceptors (Lipinski definition) is 4. The van der Waals surface area contributed by atoms with Crippen LogP contribution < -0.4 is 14.8 Å². The molecule has 2 atom stereocenters. The van der Waals surface area contributed by atoms with E-state index in [2.05, 4.69) is 17.2 Å². The van der Waals surface area contributed by atoms with Gasteiger partial charge >= 0.3 is 0 Å². The molecule has 1 saturated heterocycles. The van der Waals surface area contributed by atoms with Gasteiger partial charge in [0.25, 0.3) is 0 Å². The minimum atomic E-state index is -0.0474. The Morgan fingerprint density at radius 1 is 1.65 bits per heavy atom. The number of pyridine rings is 1. The van der Waals surface area contributed by atoms with Gasteiger partial charge in [-0.1, -0.05) is 0 Å². The summed E-state index contributed by atoms with van der Waals surface area (Å²) in [4.78, 5) is 4.25. The molecule has 0 aliphatic carbocycles. The van der Waals surface area contributed by atoms with Crippen LogP contribution in [0.2, 0.25) is 0 Å². The maximum Gasteiger partial charge on any atom is 0.213 e. The Morgan fingerprint density at radius 2 is 2.53 bits per heavy atom. The first-order valence-corrected chi connectivity index (χ1v) is 6.25. The average molecular weight is 234 g/mol. The van der Waals surface area contributed by atoms with Crippen molar-refractivity contribution in [3.05, 3.63) is 17.8 Å². The van der Waals surface area contributed by atoms with Crippen molar-refractivity contribution in [2.75, 3.05) is 13.2 Å². The van der Waals surface area contributed by atoms with Gasteiger partial charge in [0.2, 0.25) is 5.88 Å². The lowest BCUT2D eigenvalue weighted by atomic mass is 9.95. The number of ether oxygens (including phenoxy) is 2. The van der Waals surface area contributed by atoms with Gasteiger partial charge in [-0.25, -0.2) is 4.98 Å². The van der Waals surface area contributed by atoms with E-state index in [0.29, 0.717) is 18.5 Å². The number of aromatic nitrogens is 1. The van der Waals surface area contributed by atoms with Gasteiger partial charge in [0.1, 0.15) is 11.4 Å². The molecular formula is C13H18N2O2. The van der Waals surface area contributed by atoms with Gasteiger partial charge in [0.15, 0.2) is 0 Å². The number of nitrogens with zero attached hydrogens (tertiary/aromatic N) is 1. The number of hydrogen-bond donors (Lipinski definition) is 1. The summed E-state index contributed by atoms with van der Waals surface area (Å²) in [6.45, 7) is 5.74. The quantitative estimate of drug-likeness (QED) is 0.843. The molecule has 0 saturated carbocycles. The molecule has 3 rings (SSSR count). The summed E-state index contributed by atoms with van der Waals surface area (Å²) < 4.78 is 11.5. The zero-order chi connectivity index (χ0) is 11.9. The largest absolute Gasteiger partial charge is 0.484 e. The molecule has 0 aromatic carbocycles. The Balaban J connectivity index is 1.83. The number of rotatable bonds is 2. The van der Waals surface area contributed by atoms with Crippen LogP contribution in [0.3, 0.4) is 0 Å². The minimum Gasteiger partial charge on any atom is -0.484 e. The lowest BCUT2D eigenvalue weighted by molar-refractivity contribution is 0.115. The van der Waals surface area contributed by atoms with Gasteiger partial charge < -0.3 is 14.8 Å². The molecule has 0 amide bonds. The molecule has 4 heteroatoms. The highest BCUT2D eigenvalue weighted by molar-refractivity contribution is 5.41. The molecule has 92 valence electrons. The van der Waals surface area contributed by atoms with E-state index in [1.54, 1.807) is 6.20 Å². The maximum atomic E-state index is 6.08. The maximum absolute atomic E-state index is 6.08. The Hall–Kier alpha value is -1.29. The smallest absolute Gasteiger partial charge is 0.213 e. The minimum absolute atomic E-state index is 0.0474. The summed E-state index contributed by atoms with van der Waals surface area (Å²) in [5.74, 6) is 1.62. The topological polar surface area (TPSA) is 43.4 Å². The van der Waals surface area contributed by atoms with E-state index in [4.69, 9.17) is 9.47 Å². The van der Waals surface area contributed by atoms with E-state index in [1.165, 1.54) is 5.56 Å². The van der Waals surface area contributed by atoms with Crippen molar-refractivity contribution in [1.82, 2.24) is 10.3 Å². The normalized spacial score (nSPS) is 30.4. The van der Waals surface area contributed by atoms with Gasteiger partial charge in [-0.2, -0.15) is 0 Å². The van der Waals surface area contributed by atoms with Crippen LogP contribution in [0.1, 0.15) is 25.8 Å². The monoisotopic (exact) mass is 234 g/mol. The van der Waals surface area contributed by atoms with Gasteiger partial charge in [0, 0.05) is 37.1 Å². The summed E-state index contributed by atoms with van der Waals surface area (Å²) in [7, 11) is 0. The van der Waals surface area contributed by atoms with E-state index >= 15 is 0 Å². The summed E-state index contributed by atoms with van der Waals surface area (Å²) in [6.07, 6.45) is 3.81. The fourth-order valence-corrected chi connectivity index (χ4v) is 2.81. The van der Waals surface area contributed by atoms with Crippen molar-refractivity contribution in [3.63, 3.8) is 0 Å². The molecule has 1 spiro atoms. The third-order valence-corrected chi connectivity index (χ3v) is 3.51. The molecule has 0 bridgehead atoms. The van der Waals surface area contributed by atoms with Crippen LogP contribution in [0.15, 0.2) is 12.3 Å². The molecule has 1 aromatic heterocycles. The third-order valence-electron chi connectivity index (χ3n) is 3.51. The van der Waals surface area contributed by atoms with Gasteiger partial charge in [-0.3, -0.25) is 0 Å². The predicted molar refractivity (Wildman–Crippen MR) is 64.6 cm³/mol. The van der Waals surface area contributed by atoms with Crippen molar-refractivity contribution in [3.8, 4) is 11.6 Å². The molecule has 0 radical (unpaired) electrons. The Morgan fingerprint density at radius 3 is 3.24 bits per heavy atom. The van der Waals surface area contributed by atoms with E-state index in [0.717, 1.165) is 25.1 Å². The van der Waals surface area contributed by atoms with Crippen LogP contribution in [-0.4, -0.2) is 29.8 Å². The average Bonchev–Trinajstić information content (AvgIpc) is 2.82. The van der Waals surface area contributed by atoms with Crippen molar-refractivity contribution in [2.24, 2.45) is 0 Å². The zero-order valence-corrected chi connectivity index (χ0v) is 10.3. The number of nitrogens with one attached hydrogen (secondary N) is 1. The zero-order valence-electron chi connectivity index (χ0n) is 10.3. The molecular weight excluding hydrogens is 216 g/mol. The van der Waals surface area contributed by atoms with E-state index in [-0.39, 0.29) is 5.60 Å². The van der Waals surface area contributed by atoms with E-state index in [1.807, 2.05) is 13.0 Å². The predicted octanol–water partition coefficient (Wildman–Crippen LogP) is 1.54. The van der Waals surface area contributed by atoms with Crippen LogP contribution in [0, 0.1) is 0 Å². The highest BCUT2D eigenvalue weighted by atomic mass is 16.5. The van der Waals surface area contributed by atoms with Crippen LogP contribution in [0.5, 0.6) is 11.6 Å². The van der Waals surface area contributed by atoms with Crippen LogP contribution in [0.25, 0.3) is 0 Å². The van der Waals surface area contributed by atoms with Crippen molar-refractivity contribution < 1.29 is 9.47 Å². The fourth-order valence-electron chi connectivity index (χ4n) is 2.81. The van der Waals surface area contributed by atoms with E-state index in [9.17, 15) is 0 Å². The first-order chi connectivity index (χ1) is 8.21. The standard InChI is InChI=1S/C13H18N2O2/c1-3-16-12-4-10-6-13(5-9(2)15-8-13)17-11(10)7-14-12/h4,7,9,15H,3,5-6,8H2,1-2H3. The highest BCUT2D eigenvalue weighted by Crippen LogP contribution is 2.40. The Kier molecular flexibility index (Phi) is 2.47. The van der Waals surface area contributed by atoms with E-state index < -0.39 is 0 Å². The van der Waals surface area contributed by atoms with Crippen molar-refractivity contribution in [2.45, 2.75) is 38.3 Å². The van der Waals surface area contributed by atoms with Crippen molar-refractivity contribution in [1.29, 1.82) is 0 Å². The Bertz CT molecular complexity index is 435.